The first kappa shape index (κ1) is 13.1. The quantitative estimate of drug-likeness (QED) is 0.868. The van der Waals surface area contributed by atoms with Gasteiger partial charge in [-0.25, -0.2) is 14.5 Å². The number of hydrogen-bond donors (Lipinski definition) is 1. The number of aliphatic carboxylic acids is 1. The van der Waals surface area contributed by atoms with E-state index in [1.807, 2.05) is 0 Å². The molecule has 0 aliphatic heterocycles. The average Bonchev–Trinajstić information content (AvgIpc) is 2.84. The number of methoxy groups -OCH3 is 1. The molecule has 1 N–H and O–H groups in total. The Hall–Kier alpha value is -2.34. The van der Waals surface area contributed by atoms with Crippen LogP contribution in [0.1, 0.15) is 0 Å². The van der Waals surface area contributed by atoms with Gasteiger partial charge in [-0.1, -0.05) is 11.6 Å². The zero-order valence-electron chi connectivity index (χ0n) is 9.95. The highest BCUT2D eigenvalue weighted by Crippen LogP contribution is 2.26. The summed E-state index contributed by atoms with van der Waals surface area (Å²) in [5, 5.41) is 13.1. The molecule has 0 aliphatic rings. The molecule has 0 spiro atoms. The van der Waals surface area contributed by atoms with Crippen molar-refractivity contribution in [2.24, 2.45) is 0 Å². The largest absolute Gasteiger partial charge is 0.497 e. The number of nitrogens with zero attached hydrogens (tertiary/aromatic N) is 3. The van der Waals surface area contributed by atoms with E-state index in [1.54, 1.807) is 18.2 Å². The fourth-order valence-electron chi connectivity index (χ4n) is 1.43. The summed E-state index contributed by atoms with van der Waals surface area (Å²) in [6.07, 6.45) is 3.67. The summed E-state index contributed by atoms with van der Waals surface area (Å²) < 4.78 is 6.41. The topological polar surface area (TPSA) is 77.2 Å². The predicted octanol–water partition coefficient (Wildman–Crippen LogP) is 2.16. The van der Waals surface area contributed by atoms with Crippen LogP contribution in [0.15, 0.2) is 30.6 Å². The highest BCUT2D eigenvalue weighted by molar-refractivity contribution is 6.31. The third-order valence-corrected chi connectivity index (χ3v) is 2.46. The number of halogens is 1. The standard InChI is InChI=1S/C12H10ClN3O3/c1-19-10-5-8(4-9(13)6-10)12-14-7-16(15-12)3-2-11(17)18/h2-7H,1H3,(H,17,18)/b3-2+. The minimum absolute atomic E-state index is 0.427. The Morgan fingerprint density at radius 2 is 2.26 bits per heavy atom. The fraction of sp³-hybridized carbons (Fsp3) is 0.0833. The molecule has 0 radical (unpaired) electrons. The van der Waals surface area contributed by atoms with Crippen molar-refractivity contribution in [3.63, 3.8) is 0 Å². The number of carbonyl (C=O) groups is 1. The summed E-state index contributed by atoms with van der Waals surface area (Å²) in [6.45, 7) is 0. The van der Waals surface area contributed by atoms with E-state index in [0.717, 1.165) is 6.08 Å². The normalized spacial score (nSPS) is 10.8. The molecule has 2 aromatic rings. The van der Waals surface area contributed by atoms with E-state index in [2.05, 4.69) is 10.1 Å². The van der Waals surface area contributed by atoms with Crippen molar-refractivity contribution in [2.45, 2.75) is 0 Å². The van der Waals surface area contributed by atoms with Crippen LogP contribution in [0.2, 0.25) is 5.02 Å². The third-order valence-electron chi connectivity index (χ3n) is 2.24. The van der Waals surface area contributed by atoms with Crippen molar-refractivity contribution >= 4 is 23.8 Å². The van der Waals surface area contributed by atoms with Crippen molar-refractivity contribution in [3.05, 3.63) is 35.6 Å². The predicted molar refractivity (Wildman–Crippen MR) is 70.0 cm³/mol. The Balaban J connectivity index is 2.32. The molecule has 1 heterocycles. The molecule has 1 aromatic carbocycles. The zero-order chi connectivity index (χ0) is 13.8. The van der Waals surface area contributed by atoms with Crippen LogP contribution < -0.4 is 4.74 Å². The van der Waals surface area contributed by atoms with Crippen LogP contribution in [-0.4, -0.2) is 33.0 Å². The van der Waals surface area contributed by atoms with E-state index in [9.17, 15) is 4.79 Å². The number of carboxylic acids is 1. The molecule has 0 aliphatic carbocycles. The maximum Gasteiger partial charge on any atom is 0.329 e. The Morgan fingerprint density at radius 3 is 2.95 bits per heavy atom. The van der Waals surface area contributed by atoms with E-state index in [0.29, 0.717) is 22.2 Å². The lowest BCUT2D eigenvalue weighted by molar-refractivity contribution is -0.131. The number of ether oxygens (including phenoxy) is 1. The van der Waals surface area contributed by atoms with E-state index < -0.39 is 5.97 Å². The molecule has 0 saturated heterocycles. The first-order valence-corrected chi connectivity index (χ1v) is 5.63. The molecule has 0 atom stereocenters. The van der Waals surface area contributed by atoms with Crippen LogP contribution >= 0.6 is 11.6 Å². The summed E-state index contributed by atoms with van der Waals surface area (Å²) in [7, 11) is 1.54. The van der Waals surface area contributed by atoms with Crippen molar-refractivity contribution in [1.29, 1.82) is 0 Å². The van der Waals surface area contributed by atoms with Gasteiger partial charge in [0, 0.05) is 22.9 Å². The van der Waals surface area contributed by atoms with Crippen LogP contribution in [0.5, 0.6) is 5.75 Å². The van der Waals surface area contributed by atoms with Gasteiger partial charge >= 0.3 is 5.97 Å². The van der Waals surface area contributed by atoms with Gasteiger partial charge in [-0.3, -0.25) is 0 Å². The van der Waals surface area contributed by atoms with Crippen LogP contribution in [0.4, 0.5) is 0 Å². The maximum atomic E-state index is 10.4. The molecule has 0 bridgehead atoms. The van der Waals surface area contributed by atoms with Gasteiger partial charge in [0.1, 0.15) is 12.1 Å². The zero-order valence-corrected chi connectivity index (χ0v) is 10.7. The highest BCUT2D eigenvalue weighted by Gasteiger charge is 2.07. The number of carboxylic acid groups (broad SMARTS) is 1. The van der Waals surface area contributed by atoms with Gasteiger partial charge in [-0.2, -0.15) is 0 Å². The van der Waals surface area contributed by atoms with Gasteiger partial charge in [-0.15, -0.1) is 5.10 Å². The Bertz CT molecular complexity index is 637. The Labute approximate surface area is 113 Å². The lowest BCUT2D eigenvalue weighted by Gasteiger charge is -2.02. The van der Waals surface area contributed by atoms with E-state index in [-0.39, 0.29) is 0 Å². The molecule has 1 aromatic heterocycles. The second-order valence-corrected chi connectivity index (χ2v) is 4.02. The molecule has 0 amide bonds. The monoisotopic (exact) mass is 279 g/mol. The summed E-state index contributed by atoms with van der Waals surface area (Å²) >= 11 is 5.95. The minimum Gasteiger partial charge on any atom is -0.497 e. The van der Waals surface area contributed by atoms with Crippen LogP contribution in [0, 0.1) is 0 Å². The second kappa shape index (κ2) is 5.53. The smallest absolute Gasteiger partial charge is 0.329 e. The SMILES string of the molecule is COc1cc(Cl)cc(-c2ncn(/C=C/C(=O)O)n2)c1. The van der Waals surface area contributed by atoms with Crippen LogP contribution in [0.3, 0.4) is 0 Å². The third kappa shape index (κ3) is 3.32. The van der Waals surface area contributed by atoms with Gasteiger partial charge < -0.3 is 9.84 Å². The van der Waals surface area contributed by atoms with Gasteiger partial charge in [0.15, 0.2) is 5.82 Å². The lowest BCUT2D eigenvalue weighted by atomic mass is 10.2. The van der Waals surface area contributed by atoms with E-state index >= 15 is 0 Å². The Kier molecular flexibility index (Phi) is 3.82. The molecule has 0 unspecified atom stereocenters. The molecule has 0 saturated carbocycles. The van der Waals surface area contributed by atoms with Crippen molar-refractivity contribution < 1.29 is 14.6 Å². The van der Waals surface area contributed by atoms with E-state index in [1.165, 1.54) is 24.3 Å². The molecular weight excluding hydrogens is 270 g/mol. The second-order valence-electron chi connectivity index (χ2n) is 3.58. The van der Waals surface area contributed by atoms with Gasteiger partial charge in [0.25, 0.3) is 0 Å². The lowest BCUT2D eigenvalue weighted by Crippen LogP contribution is -1.92. The molecule has 7 heteroatoms. The number of hydrogen-bond acceptors (Lipinski definition) is 4. The summed E-state index contributed by atoms with van der Waals surface area (Å²) in [6, 6.07) is 5.11. The molecule has 0 fully saturated rings. The summed E-state index contributed by atoms with van der Waals surface area (Å²) in [5.74, 6) is -0.0303. The average molecular weight is 280 g/mol. The molecular formula is C12H10ClN3O3. The molecule has 2 rings (SSSR count). The van der Waals surface area contributed by atoms with Gasteiger partial charge in [-0.05, 0) is 18.2 Å². The van der Waals surface area contributed by atoms with Crippen LogP contribution in [0.25, 0.3) is 17.6 Å². The molecule has 6 nitrogen and oxygen atoms in total. The minimum atomic E-state index is -1.05. The first-order valence-electron chi connectivity index (χ1n) is 5.25. The number of rotatable bonds is 4. The van der Waals surface area contributed by atoms with Crippen molar-refractivity contribution in [3.8, 4) is 17.1 Å². The molecule has 19 heavy (non-hydrogen) atoms. The van der Waals surface area contributed by atoms with Crippen molar-refractivity contribution in [1.82, 2.24) is 14.8 Å². The van der Waals surface area contributed by atoms with E-state index in [4.69, 9.17) is 21.4 Å². The maximum absolute atomic E-state index is 10.4. The summed E-state index contributed by atoms with van der Waals surface area (Å²) in [5.41, 5.74) is 0.687. The number of aromatic nitrogens is 3. The van der Waals surface area contributed by atoms with Crippen LogP contribution in [-0.2, 0) is 4.79 Å². The van der Waals surface area contributed by atoms with Gasteiger partial charge in [0.2, 0.25) is 0 Å². The molecule has 98 valence electrons. The fourth-order valence-corrected chi connectivity index (χ4v) is 1.65. The highest BCUT2D eigenvalue weighted by atomic mass is 35.5. The van der Waals surface area contributed by atoms with Crippen molar-refractivity contribution in [2.75, 3.05) is 7.11 Å². The Morgan fingerprint density at radius 1 is 1.47 bits per heavy atom. The first-order chi connectivity index (χ1) is 9.08. The summed E-state index contributed by atoms with van der Waals surface area (Å²) in [4.78, 5) is 14.5. The van der Waals surface area contributed by atoms with Gasteiger partial charge in [0.05, 0.1) is 7.11 Å². The number of benzene rings is 1.